The van der Waals surface area contributed by atoms with E-state index < -0.39 is 0 Å². The first kappa shape index (κ1) is 15.5. The second kappa shape index (κ2) is 6.47. The molecule has 0 bridgehead atoms. The predicted octanol–water partition coefficient (Wildman–Crippen LogP) is 1.58. The van der Waals surface area contributed by atoms with Crippen molar-refractivity contribution in [1.29, 1.82) is 0 Å². The number of nitrogens with zero attached hydrogens (tertiary/aromatic N) is 3. The van der Waals surface area contributed by atoms with Crippen molar-refractivity contribution >= 4 is 22.6 Å². The molecule has 1 aliphatic heterocycles. The fourth-order valence-electron chi connectivity index (χ4n) is 3.41. The summed E-state index contributed by atoms with van der Waals surface area (Å²) in [6.07, 6.45) is 3.96. The molecule has 0 unspecified atom stereocenters. The average Bonchev–Trinajstić information content (AvgIpc) is 3.05. The summed E-state index contributed by atoms with van der Waals surface area (Å²) in [5, 5.41) is 11.0. The number of fused-ring (bicyclic) bond motifs is 1. The summed E-state index contributed by atoms with van der Waals surface area (Å²) in [7, 11) is 0. The topological polar surface area (TPSA) is 63.5 Å². The highest BCUT2D eigenvalue weighted by Gasteiger charge is 2.28. The quantitative estimate of drug-likeness (QED) is 0.563. The van der Waals surface area contributed by atoms with E-state index in [9.17, 15) is 10.0 Å². The van der Waals surface area contributed by atoms with Gasteiger partial charge in [0, 0.05) is 23.2 Å². The number of rotatable bonds is 3. The summed E-state index contributed by atoms with van der Waals surface area (Å²) in [4.78, 5) is 19.9. The molecular formula is C19H21N4O2+. The lowest BCUT2D eigenvalue weighted by Crippen LogP contribution is -2.52. The first-order valence-corrected chi connectivity index (χ1v) is 8.50. The molecule has 25 heavy (non-hydrogen) atoms. The van der Waals surface area contributed by atoms with E-state index in [1.54, 1.807) is 12.3 Å². The monoisotopic (exact) mass is 337 g/mol. The van der Waals surface area contributed by atoms with Gasteiger partial charge in [0.05, 0.1) is 19.5 Å². The molecular weight excluding hydrogens is 316 g/mol. The molecule has 0 aliphatic carbocycles. The van der Waals surface area contributed by atoms with Crippen molar-refractivity contribution in [2.45, 2.75) is 6.42 Å². The number of aromatic amines is 1. The third-order valence-electron chi connectivity index (χ3n) is 4.79. The Bertz CT molecular complexity index is 897. The molecule has 3 heterocycles. The number of para-hydroxylation sites is 1. The Labute approximate surface area is 145 Å². The number of hydrogen-bond acceptors (Lipinski definition) is 3. The normalized spacial score (nSPS) is 14.9. The van der Waals surface area contributed by atoms with Crippen molar-refractivity contribution in [3.63, 3.8) is 0 Å². The van der Waals surface area contributed by atoms with Crippen LogP contribution in [0.3, 0.4) is 0 Å². The van der Waals surface area contributed by atoms with E-state index in [1.165, 1.54) is 0 Å². The van der Waals surface area contributed by atoms with Crippen molar-refractivity contribution in [2.75, 3.05) is 31.1 Å². The molecule has 2 aromatic heterocycles. The van der Waals surface area contributed by atoms with Crippen LogP contribution in [-0.4, -0.2) is 47.2 Å². The van der Waals surface area contributed by atoms with E-state index in [-0.39, 0.29) is 5.91 Å². The van der Waals surface area contributed by atoms with Crippen molar-refractivity contribution < 1.29 is 14.7 Å². The van der Waals surface area contributed by atoms with Gasteiger partial charge < -0.3 is 15.1 Å². The molecule has 1 amide bonds. The van der Waals surface area contributed by atoms with Crippen molar-refractivity contribution in [3.8, 4) is 0 Å². The van der Waals surface area contributed by atoms with Crippen LogP contribution in [0.5, 0.6) is 0 Å². The van der Waals surface area contributed by atoms with Gasteiger partial charge in [0.15, 0.2) is 0 Å². The minimum atomic E-state index is 0.148. The lowest BCUT2D eigenvalue weighted by molar-refractivity contribution is -0.894. The van der Waals surface area contributed by atoms with Gasteiger partial charge in [0.2, 0.25) is 5.91 Å². The van der Waals surface area contributed by atoms with Crippen LogP contribution in [0.1, 0.15) is 5.56 Å². The minimum Gasteiger partial charge on any atom is -0.361 e. The molecule has 3 aromatic rings. The molecule has 6 nitrogen and oxygen atoms in total. The van der Waals surface area contributed by atoms with Gasteiger partial charge in [0.25, 0.3) is 0 Å². The minimum absolute atomic E-state index is 0.148. The summed E-state index contributed by atoms with van der Waals surface area (Å²) in [6, 6.07) is 13.6. The number of anilines is 1. The predicted molar refractivity (Wildman–Crippen MR) is 94.6 cm³/mol. The van der Waals surface area contributed by atoms with E-state index in [1.807, 2.05) is 47.5 Å². The third kappa shape index (κ3) is 3.03. The Morgan fingerprint density at radius 1 is 1.08 bits per heavy atom. The van der Waals surface area contributed by atoms with E-state index in [0.717, 1.165) is 27.0 Å². The van der Waals surface area contributed by atoms with Crippen LogP contribution in [0.2, 0.25) is 0 Å². The Kier molecular flexibility index (Phi) is 4.01. The number of aromatic nitrogens is 2. The lowest BCUT2D eigenvalue weighted by Gasteiger charge is -2.31. The summed E-state index contributed by atoms with van der Waals surface area (Å²) < 4.78 is 1.13. The molecule has 1 saturated heterocycles. The van der Waals surface area contributed by atoms with Crippen LogP contribution in [0, 0.1) is 0 Å². The van der Waals surface area contributed by atoms with Crippen molar-refractivity contribution in [2.24, 2.45) is 0 Å². The molecule has 0 radical (unpaired) electrons. The van der Waals surface area contributed by atoms with Crippen LogP contribution < -0.4 is 9.63 Å². The molecule has 6 heteroatoms. The summed E-state index contributed by atoms with van der Waals surface area (Å²) in [5.41, 5.74) is 2.10. The van der Waals surface area contributed by atoms with Crippen LogP contribution in [0.15, 0.2) is 54.9 Å². The Morgan fingerprint density at radius 2 is 1.84 bits per heavy atom. The van der Waals surface area contributed by atoms with E-state index in [2.05, 4.69) is 9.88 Å². The number of nitrogens with one attached hydrogen (secondary N) is 1. The summed E-state index contributed by atoms with van der Waals surface area (Å²) >= 11 is 0. The highest BCUT2D eigenvalue weighted by Crippen LogP contribution is 2.19. The number of piperazine rings is 1. The number of carbonyl (C=O) groups excluding carboxylic acids is 1. The number of hydrogen-bond donors (Lipinski definition) is 2. The smallest absolute Gasteiger partial charge is 0.316 e. The number of H-pyrrole nitrogens is 1. The Balaban J connectivity index is 1.41. The van der Waals surface area contributed by atoms with Crippen molar-refractivity contribution in [1.82, 2.24) is 9.88 Å². The van der Waals surface area contributed by atoms with Gasteiger partial charge in [-0.3, -0.25) is 9.69 Å². The molecule has 0 saturated carbocycles. The third-order valence-corrected chi connectivity index (χ3v) is 4.79. The maximum absolute atomic E-state index is 12.7. The number of carbonyl (C=O) groups is 1. The fourth-order valence-corrected chi connectivity index (χ4v) is 3.41. The number of benzene rings is 1. The second-order valence-electron chi connectivity index (χ2n) is 6.31. The Hall–Kier alpha value is -3.02. The van der Waals surface area contributed by atoms with Crippen molar-refractivity contribution in [3.05, 3.63) is 60.4 Å². The van der Waals surface area contributed by atoms with Gasteiger partial charge in [0.1, 0.15) is 19.3 Å². The zero-order valence-electron chi connectivity index (χ0n) is 13.9. The molecule has 1 aromatic carbocycles. The van der Waals surface area contributed by atoms with E-state index >= 15 is 0 Å². The average molecular weight is 337 g/mol. The van der Waals surface area contributed by atoms with Crippen LogP contribution in [0.4, 0.5) is 5.82 Å². The summed E-state index contributed by atoms with van der Waals surface area (Å²) in [5.74, 6) is 0.903. The van der Waals surface area contributed by atoms with Gasteiger partial charge in [-0.25, -0.2) is 0 Å². The molecule has 1 fully saturated rings. The fraction of sp³-hybridized carbons (Fsp3) is 0.263. The van der Waals surface area contributed by atoms with Crippen LogP contribution in [-0.2, 0) is 11.2 Å². The largest absolute Gasteiger partial charge is 0.361 e. The zero-order valence-corrected chi connectivity index (χ0v) is 13.9. The van der Waals surface area contributed by atoms with Gasteiger partial charge in [-0.2, -0.15) is 0 Å². The first-order valence-electron chi connectivity index (χ1n) is 8.50. The Morgan fingerprint density at radius 3 is 2.64 bits per heavy atom. The van der Waals surface area contributed by atoms with Gasteiger partial charge >= 0.3 is 5.82 Å². The first-order chi connectivity index (χ1) is 12.2. The van der Waals surface area contributed by atoms with Gasteiger partial charge in [-0.15, -0.1) is 0 Å². The maximum Gasteiger partial charge on any atom is 0.316 e. The highest BCUT2D eigenvalue weighted by molar-refractivity contribution is 5.89. The second-order valence-corrected chi connectivity index (χ2v) is 6.31. The molecule has 4 rings (SSSR count). The molecule has 128 valence electrons. The SMILES string of the molecule is O=C(Cc1c[nH]c2ccccc12)N1CCN(c2cccc[n+]2O)CC1. The number of amides is 1. The standard InChI is InChI=1S/C19H21N4O2/c24-19(13-15-14-20-17-6-2-1-5-16(15)17)22-11-9-21(10-12-22)18-7-3-4-8-23(18)25/h1-8,14,20,25H,9-13H2/q+1. The van der Waals surface area contributed by atoms with Crippen LogP contribution >= 0.6 is 0 Å². The van der Waals surface area contributed by atoms with Gasteiger partial charge in [-0.1, -0.05) is 29.0 Å². The maximum atomic E-state index is 12.7. The van der Waals surface area contributed by atoms with E-state index in [4.69, 9.17) is 0 Å². The molecule has 1 aliphatic rings. The lowest BCUT2D eigenvalue weighted by atomic mass is 10.1. The molecule has 2 N–H and O–H groups in total. The number of pyridine rings is 1. The molecule has 0 atom stereocenters. The van der Waals surface area contributed by atoms with Crippen LogP contribution in [0.25, 0.3) is 10.9 Å². The molecule has 0 spiro atoms. The van der Waals surface area contributed by atoms with E-state index in [0.29, 0.717) is 32.6 Å². The zero-order chi connectivity index (χ0) is 17.2. The highest BCUT2D eigenvalue weighted by atomic mass is 16.5. The van der Waals surface area contributed by atoms with Gasteiger partial charge in [-0.05, 0) is 17.7 Å². The summed E-state index contributed by atoms with van der Waals surface area (Å²) in [6.45, 7) is 2.75.